The molecule has 0 unspecified atom stereocenters. The first-order valence-corrected chi connectivity index (χ1v) is 8.73. The fraction of sp³-hybridized carbons (Fsp3) is 0.0952. The van der Waals surface area contributed by atoms with E-state index in [1.165, 1.54) is 0 Å². The van der Waals surface area contributed by atoms with Crippen LogP contribution in [0.4, 0.5) is 0 Å². The Kier molecular flexibility index (Phi) is 3.69. The number of rotatable bonds is 3. The summed E-state index contributed by atoms with van der Waals surface area (Å²) in [5, 5.41) is 2.82. The standard InChI is InChI=1S/C21H13ClO5/c22-17-9-20-19(25-11-26-20)7-12(17)10-24-13-5-6-15-14-3-1-2-4-16(14)21(23)27-18(15)8-13/h1-9H,10-11H2. The van der Waals surface area contributed by atoms with Gasteiger partial charge in [0.1, 0.15) is 17.9 Å². The highest BCUT2D eigenvalue weighted by molar-refractivity contribution is 6.31. The van der Waals surface area contributed by atoms with Crippen LogP contribution < -0.4 is 19.8 Å². The predicted octanol–water partition coefficient (Wildman–Crippen LogP) is 4.91. The van der Waals surface area contributed by atoms with E-state index in [0.717, 1.165) is 16.3 Å². The van der Waals surface area contributed by atoms with Crippen LogP contribution in [-0.2, 0) is 6.61 Å². The van der Waals surface area contributed by atoms with Gasteiger partial charge in [0.2, 0.25) is 6.79 Å². The SMILES string of the molecule is O=c1oc2cc(OCc3cc4c(cc3Cl)OCO4)ccc2c2ccccc12. The molecule has 0 aliphatic carbocycles. The van der Waals surface area contributed by atoms with Gasteiger partial charge >= 0.3 is 5.63 Å². The van der Waals surface area contributed by atoms with Gasteiger partial charge in [0.25, 0.3) is 0 Å². The second kappa shape index (κ2) is 6.21. The van der Waals surface area contributed by atoms with Crippen LogP contribution in [0.15, 0.2) is 63.8 Å². The van der Waals surface area contributed by atoms with Gasteiger partial charge in [0.15, 0.2) is 11.5 Å². The Morgan fingerprint density at radius 3 is 2.56 bits per heavy atom. The molecule has 0 atom stereocenters. The lowest BCUT2D eigenvalue weighted by Gasteiger charge is -2.10. The molecule has 2 heterocycles. The highest BCUT2D eigenvalue weighted by Gasteiger charge is 2.17. The van der Waals surface area contributed by atoms with Gasteiger partial charge in [-0.3, -0.25) is 0 Å². The molecular formula is C21H13ClO5. The Morgan fingerprint density at radius 1 is 0.926 bits per heavy atom. The van der Waals surface area contributed by atoms with Crippen molar-refractivity contribution in [3.63, 3.8) is 0 Å². The second-order valence-electron chi connectivity index (χ2n) is 6.18. The summed E-state index contributed by atoms with van der Waals surface area (Å²) in [6, 6.07) is 16.3. The number of benzene rings is 3. The number of halogens is 1. The Balaban J connectivity index is 1.48. The van der Waals surface area contributed by atoms with E-state index in [1.54, 1.807) is 24.3 Å². The summed E-state index contributed by atoms with van der Waals surface area (Å²) < 4.78 is 22.0. The first kappa shape index (κ1) is 16.0. The molecule has 0 N–H and O–H groups in total. The largest absolute Gasteiger partial charge is 0.489 e. The van der Waals surface area contributed by atoms with Crippen molar-refractivity contribution >= 4 is 33.3 Å². The quantitative estimate of drug-likeness (QED) is 0.373. The molecule has 0 bridgehead atoms. The molecule has 0 amide bonds. The normalized spacial score (nSPS) is 12.6. The van der Waals surface area contributed by atoms with Gasteiger partial charge in [-0.05, 0) is 29.7 Å². The molecule has 134 valence electrons. The van der Waals surface area contributed by atoms with Crippen molar-refractivity contribution < 1.29 is 18.6 Å². The van der Waals surface area contributed by atoms with Crippen LogP contribution >= 0.6 is 11.6 Å². The van der Waals surface area contributed by atoms with E-state index < -0.39 is 0 Å². The number of fused-ring (bicyclic) bond motifs is 4. The van der Waals surface area contributed by atoms with Crippen molar-refractivity contribution in [2.75, 3.05) is 6.79 Å². The van der Waals surface area contributed by atoms with Gasteiger partial charge < -0.3 is 18.6 Å². The van der Waals surface area contributed by atoms with Crippen LogP contribution in [0.5, 0.6) is 17.2 Å². The summed E-state index contributed by atoms with van der Waals surface area (Å²) in [6.07, 6.45) is 0. The monoisotopic (exact) mass is 380 g/mol. The maximum Gasteiger partial charge on any atom is 0.344 e. The van der Waals surface area contributed by atoms with E-state index in [1.807, 2.05) is 30.3 Å². The molecule has 5 rings (SSSR count). The molecular weight excluding hydrogens is 368 g/mol. The summed E-state index contributed by atoms with van der Waals surface area (Å²) in [7, 11) is 0. The topological polar surface area (TPSA) is 57.9 Å². The number of hydrogen-bond donors (Lipinski definition) is 0. The van der Waals surface area contributed by atoms with E-state index in [9.17, 15) is 4.79 Å². The van der Waals surface area contributed by atoms with E-state index >= 15 is 0 Å². The van der Waals surface area contributed by atoms with Crippen molar-refractivity contribution in [3.8, 4) is 17.2 Å². The molecule has 0 saturated carbocycles. The third-order valence-electron chi connectivity index (χ3n) is 4.53. The van der Waals surface area contributed by atoms with Crippen LogP contribution in [0, 0.1) is 0 Å². The fourth-order valence-corrected chi connectivity index (χ4v) is 3.39. The molecule has 6 heteroatoms. The van der Waals surface area contributed by atoms with E-state index in [4.69, 9.17) is 30.2 Å². The van der Waals surface area contributed by atoms with Crippen molar-refractivity contribution in [3.05, 3.63) is 75.6 Å². The van der Waals surface area contributed by atoms with E-state index in [0.29, 0.717) is 33.2 Å². The summed E-state index contributed by atoms with van der Waals surface area (Å²) in [6.45, 7) is 0.437. The molecule has 5 nitrogen and oxygen atoms in total. The molecule has 0 radical (unpaired) electrons. The van der Waals surface area contributed by atoms with Crippen molar-refractivity contribution in [1.82, 2.24) is 0 Å². The van der Waals surface area contributed by atoms with Gasteiger partial charge in [0.05, 0.1) is 10.4 Å². The first-order chi connectivity index (χ1) is 13.2. The molecule has 1 aromatic heterocycles. The third kappa shape index (κ3) is 2.76. The molecule has 0 saturated heterocycles. The summed E-state index contributed by atoms with van der Waals surface area (Å²) in [4.78, 5) is 12.2. The van der Waals surface area contributed by atoms with Crippen LogP contribution in [-0.4, -0.2) is 6.79 Å². The van der Waals surface area contributed by atoms with Crippen molar-refractivity contribution in [2.45, 2.75) is 6.61 Å². The highest BCUT2D eigenvalue weighted by Crippen LogP contribution is 2.37. The van der Waals surface area contributed by atoms with Gasteiger partial charge in [0, 0.05) is 23.1 Å². The first-order valence-electron chi connectivity index (χ1n) is 8.35. The Morgan fingerprint density at radius 2 is 1.70 bits per heavy atom. The van der Waals surface area contributed by atoms with Gasteiger partial charge in [-0.1, -0.05) is 29.8 Å². The third-order valence-corrected chi connectivity index (χ3v) is 4.88. The average molecular weight is 381 g/mol. The zero-order chi connectivity index (χ0) is 18.4. The summed E-state index contributed by atoms with van der Waals surface area (Å²) in [5.41, 5.74) is 0.892. The van der Waals surface area contributed by atoms with Crippen LogP contribution in [0.1, 0.15) is 5.56 Å². The molecule has 1 aliphatic heterocycles. The average Bonchev–Trinajstić information content (AvgIpc) is 3.13. The van der Waals surface area contributed by atoms with Crippen LogP contribution in [0.25, 0.3) is 21.7 Å². The predicted molar refractivity (Wildman–Crippen MR) is 102 cm³/mol. The fourth-order valence-electron chi connectivity index (χ4n) is 3.18. The minimum atomic E-state index is -0.367. The van der Waals surface area contributed by atoms with Gasteiger partial charge in [-0.2, -0.15) is 0 Å². The minimum absolute atomic E-state index is 0.188. The Labute approximate surface area is 158 Å². The lowest BCUT2D eigenvalue weighted by molar-refractivity contribution is 0.174. The van der Waals surface area contributed by atoms with Crippen LogP contribution in [0.3, 0.4) is 0 Å². The lowest BCUT2D eigenvalue weighted by Crippen LogP contribution is -2.00. The van der Waals surface area contributed by atoms with Crippen molar-refractivity contribution in [2.24, 2.45) is 0 Å². The maximum atomic E-state index is 12.2. The Bertz CT molecular complexity index is 1240. The number of hydrogen-bond acceptors (Lipinski definition) is 5. The Hall–Kier alpha value is -3.18. The molecule has 1 aliphatic rings. The van der Waals surface area contributed by atoms with E-state index in [-0.39, 0.29) is 19.0 Å². The molecule has 27 heavy (non-hydrogen) atoms. The zero-order valence-electron chi connectivity index (χ0n) is 14.0. The minimum Gasteiger partial charge on any atom is -0.489 e. The highest BCUT2D eigenvalue weighted by atomic mass is 35.5. The molecule has 4 aromatic rings. The molecule has 0 spiro atoms. The lowest BCUT2D eigenvalue weighted by atomic mass is 10.1. The summed E-state index contributed by atoms with van der Waals surface area (Å²) in [5.74, 6) is 1.85. The molecule has 3 aromatic carbocycles. The maximum absolute atomic E-state index is 12.2. The van der Waals surface area contributed by atoms with Gasteiger partial charge in [-0.25, -0.2) is 4.79 Å². The number of ether oxygens (including phenoxy) is 3. The van der Waals surface area contributed by atoms with Gasteiger partial charge in [-0.15, -0.1) is 0 Å². The summed E-state index contributed by atoms with van der Waals surface area (Å²) >= 11 is 6.28. The molecule has 0 fully saturated rings. The van der Waals surface area contributed by atoms with Crippen LogP contribution in [0.2, 0.25) is 5.02 Å². The second-order valence-corrected chi connectivity index (χ2v) is 6.59. The zero-order valence-corrected chi connectivity index (χ0v) is 14.8. The smallest absolute Gasteiger partial charge is 0.344 e. The van der Waals surface area contributed by atoms with E-state index in [2.05, 4.69) is 0 Å². The van der Waals surface area contributed by atoms with Crippen molar-refractivity contribution in [1.29, 1.82) is 0 Å².